The third kappa shape index (κ3) is 4.36. The zero-order valence-electron chi connectivity index (χ0n) is 17.2. The van der Waals surface area contributed by atoms with Crippen LogP contribution in [0.3, 0.4) is 0 Å². The van der Waals surface area contributed by atoms with Gasteiger partial charge < -0.3 is 14.0 Å². The van der Waals surface area contributed by atoms with Gasteiger partial charge >= 0.3 is 0 Å². The minimum atomic E-state index is -3.67. The zero-order valence-corrected chi connectivity index (χ0v) is 18.0. The Morgan fingerprint density at radius 2 is 1.77 bits per heavy atom. The number of ether oxygens (including phenoxy) is 2. The predicted molar refractivity (Wildman–Crippen MR) is 121 cm³/mol. The molecule has 0 bridgehead atoms. The first kappa shape index (κ1) is 21.2. The molecule has 2 atom stereocenters. The smallest absolute Gasteiger partial charge is 0.261 e. The van der Waals surface area contributed by atoms with Crippen LogP contribution in [0.2, 0.25) is 0 Å². The van der Waals surface area contributed by atoms with Crippen molar-refractivity contribution in [3.05, 3.63) is 72.3 Å². The van der Waals surface area contributed by atoms with Gasteiger partial charge in [-0.3, -0.25) is 10.3 Å². The number of benzene rings is 3. The molecule has 5 rings (SSSR count). The molecule has 0 saturated carbocycles. The summed E-state index contributed by atoms with van der Waals surface area (Å²) in [4.78, 5) is 0. The van der Waals surface area contributed by atoms with Crippen molar-refractivity contribution in [1.82, 2.24) is 4.57 Å². The monoisotopic (exact) mass is 440 g/mol. The molecule has 31 heavy (non-hydrogen) atoms. The van der Waals surface area contributed by atoms with Crippen molar-refractivity contribution in [2.45, 2.75) is 19.2 Å². The summed E-state index contributed by atoms with van der Waals surface area (Å²) in [6.45, 7) is 2.45. The molecule has 1 aromatic heterocycles. The Kier molecular flexibility index (Phi) is 5.62. The molecular weight excluding hydrogens is 416 g/mol. The normalized spacial score (nSPS) is 16.3. The first-order valence-corrected chi connectivity index (χ1v) is 11.7. The van der Waals surface area contributed by atoms with Crippen molar-refractivity contribution >= 4 is 31.9 Å². The number of para-hydroxylation sites is 1. The first-order chi connectivity index (χ1) is 14.7. The van der Waals surface area contributed by atoms with Gasteiger partial charge in [-0.2, -0.15) is 8.42 Å². The van der Waals surface area contributed by atoms with Gasteiger partial charge in [0.15, 0.2) is 0 Å². The van der Waals surface area contributed by atoms with Crippen LogP contribution in [0.4, 0.5) is 0 Å². The molecule has 0 amide bonds. The molecule has 0 aliphatic carbocycles. The number of aromatic nitrogens is 1. The number of hydrogen-bond acceptors (Lipinski definition) is 5. The van der Waals surface area contributed by atoms with Crippen LogP contribution in [0.15, 0.2) is 66.7 Å². The van der Waals surface area contributed by atoms with E-state index in [2.05, 4.69) is 41.0 Å². The number of fused-ring (bicyclic) bond motifs is 3. The lowest BCUT2D eigenvalue weighted by molar-refractivity contribution is 0.233. The van der Waals surface area contributed by atoms with Crippen LogP contribution >= 0.6 is 0 Å². The number of hydrogen-bond donors (Lipinski definition) is 2. The maximum atomic E-state index is 9.19. The van der Waals surface area contributed by atoms with E-state index in [0.29, 0.717) is 12.9 Å². The Bertz CT molecular complexity index is 1320. The van der Waals surface area contributed by atoms with Gasteiger partial charge in [-0.15, -0.1) is 0 Å². The minimum absolute atomic E-state index is 0.122. The van der Waals surface area contributed by atoms with Crippen LogP contribution in [0.25, 0.3) is 21.8 Å². The molecule has 1 aliphatic heterocycles. The van der Waals surface area contributed by atoms with Gasteiger partial charge in [-0.25, -0.2) is 0 Å². The highest BCUT2D eigenvalue weighted by atomic mass is 32.2. The summed E-state index contributed by atoms with van der Waals surface area (Å²) < 4.78 is 40.3. The second-order valence-corrected chi connectivity index (χ2v) is 8.93. The Morgan fingerprint density at radius 1 is 1.10 bits per heavy atom. The van der Waals surface area contributed by atoms with Crippen LogP contribution in [-0.4, -0.2) is 36.6 Å². The maximum Gasteiger partial charge on any atom is 0.261 e. The van der Waals surface area contributed by atoms with Crippen LogP contribution in [0.1, 0.15) is 18.5 Å². The topological polar surface area (TPSA) is 104 Å². The Hall–Kier alpha value is -3.07. The third-order valence-corrected chi connectivity index (χ3v) is 4.98. The van der Waals surface area contributed by atoms with E-state index in [1.54, 1.807) is 0 Å². The van der Waals surface area contributed by atoms with Crippen LogP contribution < -0.4 is 15.2 Å². The summed E-state index contributed by atoms with van der Waals surface area (Å²) in [6.07, 6.45) is 0.348. The fraction of sp³-hybridized carbons (Fsp3) is 0.217. The van der Waals surface area contributed by atoms with Gasteiger partial charge in [0.2, 0.25) is 0 Å². The van der Waals surface area contributed by atoms with E-state index in [1.165, 1.54) is 5.56 Å². The van der Waals surface area contributed by atoms with E-state index >= 15 is 0 Å². The summed E-state index contributed by atoms with van der Waals surface area (Å²) in [6, 6.07) is 23.0. The van der Waals surface area contributed by atoms with E-state index in [-0.39, 0.29) is 12.3 Å². The van der Waals surface area contributed by atoms with Crippen molar-refractivity contribution in [1.29, 1.82) is 0 Å². The quantitative estimate of drug-likeness (QED) is 0.369. The maximum absolute atomic E-state index is 9.19. The molecule has 162 valence electrons. The SMILES string of the molecule is CS(=O)(=O)O.C[C@H](N)Oc1cccc2c1c1cccc3c1n2C(c1ccccc1)CO3. The minimum Gasteiger partial charge on any atom is -0.489 e. The zero-order chi connectivity index (χ0) is 22.2. The molecular formula is C23H24N2O5S. The first-order valence-electron chi connectivity index (χ1n) is 9.82. The van der Waals surface area contributed by atoms with Crippen LogP contribution in [-0.2, 0) is 10.1 Å². The summed E-state index contributed by atoms with van der Waals surface area (Å²) in [7, 11) is -3.67. The van der Waals surface area contributed by atoms with Gasteiger partial charge in [-0.1, -0.05) is 48.5 Å². The highest BCUT2D eigenvalue weighted by Gasteiger charge is 2.28. The standard InChI is InChI=1S/C22H20N2O2.CH4O3S/c1-14(23)26-19-11-6-10-17-21(19)16-9-5-12-20-22(16)24(17)18(13-25-20)15-7-3-2-4-8-15;1-5(2,3)4/h2-12,14,18H,13,23H2,1H3;1H3,(H,2,3,4)/t14-,18?;/m1./s1. The Morgan fingerprint density at radius 3 is 2.45 bits per heavy atom. The van der Waals surface area contributed by atoms with Crippen LogP contribution in [0, 0.1) is 0 Å². The highest BCUT2D eigenvalue weighted by Crippen LogP contribution is 2.44. The fourth-order valence-electron chi connectivity index (χ4n) is 3.99. The molecule has 4 aromatic rings. The Balaban J connectivity index is 0.000000418. The lowest BCUT2D eigenvalue weighted by Gasteiger charge is -2.27. The average molecular weight is 441 g/mol. The largest absolute Gasteiger partial charge is 0.489 e. The summed E-state index contributed by atoms with van der Waals surface area (Å²) in [5, 5.41) is 2.22. The average Bonchev–Trinajstić information content (AvgIpc) is 3.05. The number of nitrogens with two attached hydrogens (primary N) is 1. The lowest BCUT2D eigenvalue weighted by Crippen LogP contribution is -2.23. The molecule has 3 N–H and O–H groups in total. The molecule has 0 radical (unpaired) electrons. The molecule has 0 spiro atoms. The summed E-state index contributed by atoms with van der Waals surface area (Å²) >= 11 is 0. The predicted octanol–water partition coefficient (Wildman–Crippen LogP) is 3.96. The summed E-state index contributed by atoms with van der Waals surface area (Å²) in [5.74, 6) is 1.73. The number of rotatable bonds is 3. The van der Waals surface area contributed by atoms with Crippen molar-refractivity contribution in [2.75, 3.05) is 12.9 Å². The van der Waals surface area contributed by atoms with Crippen molar-refractivity contribution in [3.63, 3.8) is 0 Å². The van der Waals surface area contributed by atoms with E-state index in [1.807, 2.05) is 37.3 Å². The van der Waals surface area contributed by atoms with E-state index in [0.717, 1.165) is 33.3 Å². The van der Waals surface area contributed by atoms with Gasteiger partial charge in [0, 0.05) is 10.8 Å². The molecule has 7 nitrogen and oxygen atoms in total. The summed E-state index contributed by atoms with van der Waals surface area (Å²) in [5.41, 5.74) is 9.40. The third-order valence-electron chi connectivity index (χ3n) is 4.98. The molecule has 8 heteroatoms. The van der Waals surface area contributed by atoms with Crippen molar-refractivity contribution in [3.8, 4) is 11.5 Å². The molecule has 1 aliphatic rings. The molecule has 0 fully saturated rings. The molecule has 3 aromatic carbocycles. The molecule has 2 heterocycles. The Labute approximate surface area is 180 Å². The van der Waals surface area contributed by atoms with E-state index in [9.17, 15) is 8.42 Å². The van der Waals surface area contributed by atoms with Crippen molar-refractivity contribution in [2.24, 2.45) is 5.73 Å². The second kappa shape index (κ2) is 8.22. The van der Waals surface area contributed by atoms with Crippen molar-refractivity contribution < 1.29 is 22.4 Å². The molecule has 0 saturated heterocycles. The second-order valence-electron chi connectivity index (χ2n) is 7.47. The molecule has 1 unspecified atom stereocenters. The lowest BCUT2D eigenvalue weighted by atomic mass is 10.1. The van der Waals surface area contributed by atoms with E-state index in [4.69, 9.17) is 19.8 Å². The van der Waals surface area contributed by atoms with Crippen LogP contribution in [0.5, 0.6) is 11.5 Å². The van der Waals surface area contributed by atoms with E-state index < -0.39 is 10.1 Å². The highest BCUT2D eigenvalue weighted by molar-refractivity contribution is 7.85. The van der Waals surface area contributed by atoms with Gasteiger partial charge in [0.25, 0.3) is 10.1 Å². The van der Waals surface area contributed by atoms with Gasteiger partial charge in [0.05, 0.1) is 23.3 Å². The van der Waals surface area contributed by atoms with Gasteiger partial charge in [0.1, 0.15) is 24.3 Å². The fourth-order valence-corrected chi connectivity index (χ4v) is 3.99. The number of nitrogens with zero attached hydrogens (tertiary/aromatic N) is 1. The van der Waals surface area contributed by atoms with Gasteiger partial charge in [-0.05, 0) is 30.7 Å².